The quantitative estimate of drug-likeness (QED) is 0.650. The van der Waals surface area contributed by atoms with Gasteiger partial charge in [-0.05, 0) is 18.2 Å². The summed E-state index contributed by atoms with van der Waals surface area (Å²) in [5.74, 6) is -0.426. The van der Waals surface area contributed by atoms with Crippen molar-refractivity contribution >= 4 is 17.0 Å². The third-order valence-electron chi connectivity index (χ3n) is 2.69. The molecule has 3 rings (SSSR count). The summed E-state index contributed by atoms with van der Waals surface area (Å²) in [7, 11) is 1.33. The van der Waals surface area contributed by atoms with Gasteiger partial charge in [0.25, 0.3) is 0 Å². The smallest absolute Gasteiger partial charge is 0.339 e. The average molecular weight is 254 g/mol. The number of carbonyl (C=O) groups excluding carboxylic acids is 1. The van der Waals surface area contributed by atoms with Crippen LogP contribution in [0.2, 0.25) is 0 Å². The Balaban J connectivity index is 2.09. The molecule has 0 amide bonds. The van der Waals surface area contributed by atoms with E-state index in [1.807, 2.05) is 12.1 Å². The fourth-order valence-electron chi connectivity index (χ4n) is 1.76. The highest BCUT2D eigenvalue weighted by Crippen LogP contribution is 2.14. The lowest BCUT2D eigenvalue weighted by atomic mass is 10.2. The molecular weight excluding hydrogens is 244 g/mol. The van der Waals surface area contributed by atoms with Crippen LogP contribution >= 0.6 is 0 Å². The zero-order chi connectivity index (χ0) is 13.2. The van der Waals surface area contributed by atoms with Gasteiger partial charge >= 0.3 is 5.97 Å². The van der Waals surface area contributed by atoms with Crippen LogP contribution in [0.25, 0.3) is 16.7 Å². The first kappa shape index (κ1) is 11.3. The Morgan fingerprint density at radius 1 is 1.32 bits per heavy atom. The minimum Gasteiger partial charge on any atom is -0.465 e. The molecular formula is C13H10N4O2. The van der Waals surface area contributed by atoms with Gasteiger partial charge in [-0.15, -0.1) is 0 Å². The number of esters is 1. The molecule has 0 N–H and O–H groups in total. The van der Waals surface area contributed by atoms with Crippen molar-refractivity contribution in [2.24, 2.45) is 0 Å². The van der Waals surface area contributed by atoms with E-state index in [1.165, 1.54) is 13.3 Å². The third kappa shape index (κ3) is 2.03. The van der Waals surface area contributed by atoms with Gasteiger partial charge in [-0.3, -0.25) is 9.97 Å². The van der Waals surface area contributed by atoms with Gasteiger partial charge in [0.15, 0.2) is 0 Å². The number of carbonyl (C=O) groups is 1. The van der Waals surface area contributed by atoms with Crippen LogP contribution < -0.4 is 0 Å². The normalized spacial score (nSPS) is 10.6. The summed E-state index contributed by atoms with van der Waals surface area (Å²) in [5, 5.41) is 4.37. The van der Waals surface area contributed by atoms with E-state index in [0.29, 0.717) is 16.6 Å². The fraction of sp³-hybridized carbons (Fsp3) is 0.0769. The molecule has 0 aromatic carbocycles. The molecule has 0 spiro atoms. The van der Waals surface area contributed by atoms with E-state index in [1.54, 1.807) is 29.3 Å². The van der Waals surface area contributed by atoms with Crippen molar-refractivity contribution in [3.63, 3.8) is 0 Å². The summed E-state index contributed by atoms with van der Waals surface area (Å²) in [6.45, 7) is 0. The molecule has 3 aromatic heterocycles. The minimum atomic E-state index is -0.426. The van der Waals surface area contributed by atoms with Gasteiger partial charge in [0.05, 0.1) is 30.8 Å². The second-order valence-corrected chi connectivity index (χ2v) is 3.90. The predicted molar refractivity (Wildman–Crippen MR) is 68.0 cm³/mol. The Morgan fingerprint density at radius 2 is 2.21 bits per heavy atom. The Bertz CT molecular complexity index is 737. The average Bonchev–Trinajstić information content (AvgIpc) is 2.90. The van der Waals surface area contributed by atoms with Crippen LogP contribution in [-0.4, -0.2) is 32.8 Å². The van der Waals surface area contributed by atoms with Crippen LogP contribution in [0.4, 0.5) is 0 Å². The number of ether oxygens (including phenoxy) is 1. The van der Waals surface area contributed by atoms with Gasteiger partial charge in [-0.25, -0.2) is 9.48 Å². The first-order valence-electron chi connectivity index (χ1n) is 5.62. The molecule has 0 fully saturated rings. The number of methoxy groups -OCH3 is 1. The van der Waals surface area contributed by atoms with Crippen LogP contribution in [0, 0.1) is 0 Å². The summed E-state index contributed by atoms with van der Waals surface area (Å²) >= 11 is 0. The highest BCUT2D eigenvalue weighted by atomic mass is 16.5. The maximum Gasteiger partial charge on any atom is 0.339 e. The Morgan fingerprint density at radius 3 is 2.95 bits per heavy atom. The molecule has 3 aromatic rings. The second kappa shape index (κ2) is 4.49. The zero-order valence-corrected chi connectivity index (χ0v) is 10.1. The first-order chi connectivity index (χ1) is 9.28. The van der Waals surface area contributed by atoms with Crippen molar-refractivity contribution < 1.29 is 9.53 Å². The molecule has 19 heavy (non-hydrogen) atoms. The number of fused-ring (bicyclic) bond motifs is 1. The molecule has 0 bridgehead atoms. The lowest BCUT2D eigenvalue weighted by Crippen LogP contribution is -2.01. The molecule has 6 heteroatoms. The molecule has 0 aliphatic heterocycles. The maximum absolute atomic E-state index is 11.4. The molecule has 0 aliphatic rings. The standard InChI is InChI=1S/C13H10N4O2/c1-19-13(18)9-5-11-12(15-6-9)8-17(16-11)10-3-2-4-14-7-10/h2-8H,1H3. The van der Waals surface area contributed by atoms with Crippen molar-refractivity contribution in [2.45, 2.75) is 0 Å². The minimum absolute atomic E-state index is 0.381. The van der Waals surface area contributed by atoms with E-state index in [2.05, 4.69) is 19.8 Å². The number of nitrogens with zero attached hydrogens (tertiary/aromatic N) is 4. The summed E-state index contributed by atoms with van der Waals surface area (Å²) in [6, 6.07) is 5.37. The van der Waals surface area contributed by atoms with Gasteiger partial charge < -0.3 is 4.74 Å². The highest BCUT2D eigenvalue weighted by Gasteiger charge is 2.10. The third-order valence-corrected chi connectivity index (χ3v) is 2.69. The van der Waals surface area contributed by atoms with E-state index in [9.17, 15) is 4.79 Å². The summed E-state index contributed by atoms with van der Waals surface area (Å²) in [6.07, 6.45) is 6.66. The number of pyridine rings is 2. The van der Waals surface area contributed by atoms with E-state index < -0.39 is 5.97 Å². The van der Waals surface area contributed by atoms with Gasteiger partial charge in [0, 0.05) is 12.4 Å². The van der Waals surface area contributed by atoms with Crippen molar-refractivity contribution in [2.75, 3.05) is 7.11 Å². The monoisotopic (exact) mass is 254 g/mol. The van der Waals surface area contributed by atoms with Crippen LogP contribution in [0.15, 0.2) is 43.0 Å². The number of hydrogen-bond donors (Lipinski definition) is 0. The lowest BCUT2D eigenvalue weighted by molar-refractivity contribution is 0.0600. The molecule has 0 saturated heterocycles. The van der Waals surface area contributed by atoms with Crippen molar-refractivity contribution in [3.05, 3.63) is 48.5 Å². The Kier molecular flexibility index (Phi) is 2.68. The first-order valence-corrected chi connectivity index (χ1v) is 5.62. The Hall–Kier alpha value is -2.76. The SMILES string of the molecule is COC(=O)c1cnc2cn(-c3cccnc3)nc2c1. The van der Waals surface area contributed by atoms with E-state index in [-0.39, 0.29) is 0 Å². The van der Waals surface area contributed by atoms with Gasteiger partial charge in [-0.2, -0.15) is 5.10 Å². The highest BCUT2D eigenvalue weighted by molar-refractivity contribution is 5.92. The largest absolute Gasteiger partial charge is 0.465 e. The summed E-state index contributed by atoms with van der Waals surface area (Å²) < 4.78 is 6.33. The summed E-state index contributed by atoms with van der Waals surface area (Å²) in [4.78, 5) is 19.7. The lowest BCUT2D eigenvalue weighted by Gasteiger charge is -1.97. The van der Waals surface area contributed by atoms with Crippen molar-refractivity contribution in [1.29, 1.82) is 0 Å². The maximum atomic E-state index is 11.4. The Labute approximate surface area is 108 Å². The molecule has 6 nitrogen and oxygen atoms in total. The molecule has 0 radical (unpaired) electrons. The van der Waals surface area contributed by atoms with E-state index in [4.69, 9.17) is 0 Å². The van der Waals surface area contributed by atoms with Crippen LogP contribution in [0.5, 0.6) is 0 Å². The van der Waals surface area contributed by atoms with Crippen LogP contribution in [-0.2, 0) is 4.74 Å². The number of rotatable bonds is 2. The fourth-order valence-corrected chi connectivity index (χ4v) is 1.76. The summed E-state index contributed by atoms with van der Waals surface area (Å²) in [5.41, 5.74) is 2.55. The van der Waals surface area contributed by atoms with Crippen molar-refractivity contribution in [1.82, 2.24) is 19.7 Å². The van der Waals surface area contributed by atoms with Crippen LogP contribution in [0.1, 0.15) is 10.4 Å². The number of hydrogen-bond acceptors (Lipinski definition) is 5. The molecule has 0 saturated carbocycles. The zero-order valence-electron chi connectivity index (χ0n) is 10.1. The van der Waals surface area contributed by atoms with E-state index in [0.717, 1.165) is 5.69 Å². The van der Waals surface area contributed by atoms with Crippen LogP contribution in [0.3, 0.4) is 0 Å². The van der Waals surface area contributed by atoms with Gasteiger partial charge in [0.2, 0.25) is 0 Å². The molecule has 0 aliphatic carbocycles. The van der Waals surface area contributed by atoms with Gasteiger partial charge in [0.1, 0.15) is 11.0 Å². The molecule has 3 heterocycles. The van der Waals surface area contributed by atoms with Crippen molar-refractivity contribution in [3.8, 4) is 5.69 Å². The number of aromatic nitrogens is 4. The molecule has 94 valence electrons. The second-order valence-electron chi connectivity index (χ2n) is 3.90. The molecule has 0 atom stereocenters. The molecule has 0 unspecified atom stereocenters. The topological polar surface area (TPSA) is 69.9 Å². The predicted octanol–water partition coefficient (Wildman–Crippen LogP) is 1.60. The van der Waals surface area contributed by atoms with Gasteiger partial charge in [-0.1, -0.05) is 0 Å². The van der Waals surface area contributed by atoms with E-state index >= 15 is 0 Å².